The Morgan fingerprint density at radius 2 is 2.50 bits per heavy atom. The predicted molar refractivity (Wildman–Crippen MR) is 47.7 cm³/mol. The first-order chi connectivity index (χ1) is 5.75. The summed E-state index contributed by atoms with van der Waals surface area (Å²) in [6.45, 7) is 4.68. The highest BCUT2D eigenvalue weighted by atomic mass is 32.2. The van der Waals surface area contributed by atoms with Gasteiger partial charge in [0.1, 0.15) is 10.7 Å². The van der Waals surface area contributed by atoms with Gasteiger partial charge >= 0.3 is 5.97 Å². The lowest BCUT2D eigenvalue weighted by Gasteiger charge is -2.16. The molecule has 12 heavy (non-hydrogen) atoms. The Balaban J connectivity index is 2.64. The van der Waals surface area contributed by atoms with E-state index in [1.807, 2.05) is 0 Å². The molecule has 0 fully saturated rings. The van der Waals surface area contributed by atoms with Crippen molar-refractivity contribution in [2.75, 3.05) is 19.0 Å². The van der Waals surface area contributed by atoms with Gasteiger partial charge in [0.2, 0.25) is 0 Å². The molecule has 0 saturated carbocycles. The number of rotatable bonds is 2. The second kappa shape index (κ2) is 4.40. The van der Waals surface area contributed by atoms with Gasteiger partial charge < -0.3 is 9.47 Å². The zero-order chi connectivity index (χ0) is 8.97. The van der Waals surface area contributed by atoms with E-state index >= 15 is 0 Å². The first-order valence-corrected chi connectivity index (χ1v) is 4.88. The highest BCUT2D eigenvalue weighted by molar-refractivity contribution is 8.04. The smallest absolute Gasteiger partial charge is 0.348 e. The highest BCUT2D eigenvalue weighted by Crippen LogP contribution is 2.26. The first kappa shape index (κ1) is 9.45. The molecule has 0 aliphatic carbocycles. The molecular weight excluding hydrogens is 176 g/mol. The van der Waals surface area contributed by atoms with E-state index in [9.17, 15) is 4.79 Å². The Labute approximate surface area is 76.1 Å². The van der Waals surface area contributed by atoms with Crippen molar-refractivity contribution < 1.29 is 14.3 Å². The number of thioether (sulfide) groups is 1. The van der Waals surface area contributed by atoms with Crippen molar-refractivity contribution in [2.24, 2.45) is 0 Å². The molecule has 4 heteroatoms. The van der Waals surface area contributed by atoms with E-state index in [0.717, 1.165) is 5.75 Å². The van der Waals surface area contributed by atoms with Crippen LogP contribution in [-0.2, 0) is 14.3 Å². The monoisotopic (exact) mass is 188 g/mol. The summed E-state index contributed by atoms with van der Waals surface area (Å²) >= 11 is 1.50. The standard InChI is InChI=1S/C8H12O3S/c1-3-10-8(9)7-6(2)11-4-5-12-7/h3-5H2,1-2H3. The van der Waals surface area contributed by atoms with Crippen LogP contribution >= 0.6 is 11.8 Å². The van der Waals surface area contributed by atoms with E-state index in [1.54, 1.807) is 13.8 Å². The molecule has 0 aromatic carbocycles. The van der Waals surface area contributed by atoms with Gasteiger partial charge in [0.05, 0.1) is 13.2 Å². The highest BCUT2D eigenvalue weighted by Gasteiger charge is 2.19. The molecule has 1 aliphatic heterocycles. The molecule has 0 radical (unpaired) electrons. The molecule has 0 bridgehead atoms. The third kappa shape index (κ3) is 2.17. The van der Waals surface area contributed by atoms with E-state index in [2.05, 4.69) is 0 Å². The summed E-state index contributed by atoms with van der Waals surface area (Å²) in [7, 11) is 0. The van der Waals surface area contributed by atoms with Gasteiger partial charge in [0, 0.05) is 5.75 Å². The predicted octanol–water partition coefficient (Wildman–Crippen LogP) is 1.54. The SMILES string of the molecule is CCOC(=O)C1=C(C)OCCS1. The van der Waals surface area contributed by atoms with Crippen molar-refractivity contribution in [3.63, 3.8) is 0 Å². The lowest BCUT2D eigenvalue weighted by atomic mass is 10.4. The maximum atomic E-state index is 11.2. The minimum Gasteiger partial charge on any atom is -0.496 e. The Kier molecular flexibility index (Phi) is 3.47. The first-order valence-electron chi connectivity index (χ1n) is 3.89. The van der Waals surface area contributed by atoms with Gasteiger partial charge in [-0.15, -0.1) is 11.8 Å². The van der Waals surface area contributed by atoms with Crippen LogP contribution in [0.25, 0.3) is 0 Å². The van der Waals surface area contributed by atoms with Crippen LogP contribution in [0.2, 0.25) is 0 Å². The quantitative estimate of drug-likeness (QED) is 0.616. The van der Waals surface area contributed by atoms with E-state index in [0.29, 0.717) is 23.9 Å². The summed E-state index contributed by atoms with van der Waals surface area (Å²) < 4.78 is 10.1. The maximum Gasteiger partial charge on any atom is 0.348 e. The van der Waals surface area contributed by atoms with Gasteiger partial charge in [-0.1, -0.05) is 0 Å². The molecule has 68 valence electrons. The minimum atomic E-state index is -0.264. The van der Waals surface area contributed by atoms with Crippen LogP contribution in [0.1, 0.15) is 13.8 Å². The van der Waals surface area contributed by atoms with Crippen LogP contribution in [0.4, 0.5) is 0 Å². The number of carbonyl (C=O) groups is 1. The molecule has 1 heterocycles. The van der Waals surface area contributed by atoms with Crippen LogP contribution in [0.15, 0.2) is 10.7 Å². The second-order valence-corrected chi connectivity index (χ2v) is 3.41. The Morgan fingerprint density at radius 3 is 3.08 bits per heavy atom. The molecule has 0 aromatic rings. The summed E-state index contributed by atoms with van der Waals surface area (Å²) in [6.07, 6.45) is 0. The van der Waals surface area contributed by atoms with Crippen LogP contribution in [0, 0.1) is 0 Å². The molecule has 1 rings (SSSR count). The minimum absolute atomic E-state index is 0.264. The third-order valence-electron chi connectivity index (χ3n) is 1.43. The third-order valence-corrected chi connectivity index (χ3v) is 2.54. The van der Waals surface area contributed by atoms with Crippen LogP contribution < -0.4 is 0 Å². The Hall–Kier alpha value is -0.640. The van der Waals surface area contributed by atoms with Gasteiger partial charge in [-0.3, -0.25) is 0 Å². The number of esters is 1. The molecule has 0 aromatic heterocycles. The molecule has 0 unspecified atom stereocenters. The fraction of sp³-hybridized carbons (Fsp3) is 0.625. The number of ether oxygens (including phenoxy) is 2. The number of carbonyl (C=O) groups excluding carboxylic acids is 1. The van der Waals surface area contributed by atoms with E-state index in [-0.39, 0.29) is 5.97 Å². The number of hydrogen-bond donors (Lipinski definition) is 0. The Bertz CT molecular complexity index is 210. The van der Waals surface area contributed by atoms with Gasteiger partial charge in [-0.2, -0.15) is 0 Å². The van der Waals surface area contributed by atoms with Crippen LogP contribution in [-0.4, -0.2) is 24.9 Å². The molecule has 0 saturated heterocycles. The zero-order valence-corrected chi connectivity index (χ0v) is 8.07. The fourth-order valence-corrected chi connectivity index (χ4v) is 1.71. The van der Waals surface area contributed by atoms with Gasteiger partial charge in [0.25, 0.3) is 0 Å². The summed E-state index contributed by atoms with van der Waals surface area (Å²) in [6, 6.07) is 0. The van der Waals surface area contributed by atoms with Gasteiger partial charge in [-0.25, -0.2) is 4.79 Å². The second-order valence-electron chi connectivity index (χ2n) is 2.30. The molecule has 3 nitrogen and oxygen atoms in total. The normalized spacial score (nSPS) is 17.2. The molecule has 0 N–H and O–H groups in total. The van der Waals surface area contributed by atoms with Crippen LogP contribution in [0.3, 0.4) is 0 Å². The Morgan fingerprint density at radius 1 is 1.75 bits per heavy atom. The summed E-state index contributed by atoms with van der Waals surface area (Å²) in [5.74, 6) is 1.25. The summed E-state index contributed by atoms with van der Waals surface area (Å²) in [4.78, 5) is 11.8. The molecule has 1 aliphatic rings. The molecule has 0 amide bonds. The van der Waals surface area contributed by atoms with Crippen LogP contribution in [0.5, 0.6) is 0 Å². The van der Waals surface area contributed by atoms with E-state index < -0.39 is 0 Å². The molecule has 0 atom stereocenters. The fourth-order valence-electron chi connectivity index (χ4n) is 0.905. The average molecular weight is 188 g/mol. The largest absolute Gasteiger partial charge is 0.496 e. The number of allylic oxidation sites excluding steroid dienone is 1. The van der Waals surface area contributed by atoms with E-state index in [4.69, 9.17) is 9.47 Å². The van der Waals surface area contributed by atoms with Crippen molar-refractivity contribution in [2.45, 2.75) is 13.8 Å². The lowest BCUT2D eigenvalue weighted by molar-refractivity contribution is -0.137. The zero-order valence-electron chi connectivity index (χ0n) is 7.25. The lowest BCUT2D eigenvalue weighted by Crippen LogP contribution is -2.13. The molecular formula is C8H12O3S. The maximum absolute atomic E-state index is 11.2. The topological polar surface area (TPSA) is 35.5 Å². The van der Waals surface area contributed by atoms with Crippen molar-refractivity contribution in [1.29, 1.82) is 0 Å². The number of hydrogen-bond acceptors (Lipinski definition) is 4. The van der Waals surface area contributed by atoms with Gasteiger partial charge in [0.15, 0.2) is 0 Å². The van der Waals surface area contributed by atoms with Crippen molar-refractivity contribution in [1.82, 2.24) is 0 Å². The summed E-state index contributed by atoms with van der Waals surface area (Å²) in [5.41, 5.74) is 0. The van der Waals surface area contributed by atoms with Crippen molar-refractivity contribution in [3.05, 3.63) is 10.7 Å². The average Bonchev–Trinajstić information content (AvgIpc) is 2.05. The summed E-state index contributed by atoms with van der Waals surface area (Å²) in [5, 5.41) is 0. The van der Waals surface area contributed by atoms with Crippen molar-refractivity contribution in [3.8, 4) is 0 Å². The molecule has 0 spiro atoms. The van der Waals surface area contributed by atoms with Gasteiger partial charge in [-0.05, 0) is 13.8 Å². The van der Waals surface area contributed by atoms with Crippen molar-refractivity contribution >= 4 is 17.7 Å². The van der Waals surface area contributed by atoms with E-state index in [1.165, 1.54) is 11.8 Å².